The molecule has 0 aromatic carbocycles. The van der Waals surface area contributed by atoms with E-state index in [0.29, 0.717) is 12.1 Å². The maximum Gasteiger partial charge on any atom is 0.253 e. The van der Waals surface area contributed by atoms with E-state index in [2.05, 4.69) is 21.0 Å². The molecular formula is C19H18N4O. The van der Waals surface area contributed by atoms with Crippen molar-refractivity contribution in [1.82, 2.24) is 19.9 Å². The van der Waals surface area contributed by atoms with Crippen LogP contribution in [0.5, 0.6) is 0 Å². The third-order valence-electron chi connectivity index (χ3n) is 4.56. The van der Waals surface area contributed by atoms with Crippen LogP contribution in [-0.4, -0.2) is 38.8 Å². The molecule has 1 fully saturated rings. The molecule has 3 aromatic heterocycles. The molecule has 1 unspecified atom stereocenters. The molecule has 0 saturated carbocycles. The smallest absolute Gasteiger partial charge is 0.253 e. The highest BCUT2D eigenvalue weighted by atomic mass is 16.2. The topological polar surface area (TPSA) is 59.0 Å². The van der Waals surface area contributed by atoms with Crippen molar-refractivity contribution in [2.75, 3.05) is 13.1 Å². The minimum absolute atomic E-state index is 0.0704. The predicted octanol–water partition coefficient (Wildman–Crippen LogP) is 3.04. The Kier molecular flexibility index (Phi) is 3.91. The summed E-state index contributed by atoms with van der Waals surface area (Å²) in [5, 5.41) is 1.04. The van der Waals surface area contributed by atoms with Gasteiger partial charge in [-0.25, -0.2) is 0 Å². The summed E-state index contributed by atoms with van der Waals surface area (Å²) in [6, 6.07) is 9.52. The third-order valence-corrected chi connectivity index (χ3v) is 4.56. The summed E-state index contributed by atoms with van der Waals surface area (Å²) < 4.78 is 0. The largest absolute Gasteiger partial charge is 0.338 e. The van der Waals surface area contributed by atoms with Crippen molar-refractivity contribution in [2.24, 2.45) is 0 Å². The molecule has 1 amide bonds. The van der Waals surface area contributed by atoms with Crippen LogP contribution >= 0.6 is 0 Å². The Labute approximate surface area is 140 Å². The molecule has 0 aliphatic carbocycles. The molecule has 24 heavy (non-hydrogen) atoms. The normalized spacial score (nSPS) is 17.8. The Morgan fingerprint density at radius 2 is 2.00 bits per heavy atom. The van der Waals surface area contributed by atoms with Crippen LogP contribution in [0.3, 0.4) is 0 Å². The molecule has 0 bridgehead atoms. The Hall–Kier alpha value is -2.82. The first kappa shape index (κ1) is 14.8. The number of likely N-dealkylation sites (tertiary alicyclic amines) is 1. The maximum atomic E-state index is 12.7. The number of amides is 1. The highest BCUT2D eigenvalue weighted by molar-refractivity contribution is 5.94. The number of fused-ring (bicyclic) bond motifs is 1. The quantitative estimate of drug-likeness (QED) is 0.728. The van der Waals surface area contributed by atoms with Gasteiger partial charge in [-0.3, -0.25) is 19.7 Å². The van der Waals surface area contributed by atoms with Crippen molar-refractivity contribution >= 4 is 16.8 Å². The fourth-order valence-electron chi connectivity index (χ4n) is 3.28. The molecule has 1 aliphatic rings. The minimum Gasteiger partial charge on any atom is -0.338 e. The van der Waals surface area contributed by atoms with Crippen LogP contribution in [0.1, 0.15) is 34.8 Å². The fourth-order valence-corrected chi connectivity index (χ4v) is 3.28. The molecule has 3 aromatic rings. The molecule has 4 heterocycles. The number of hydrogen-bond donors (Lipinski definition) is 0. The van der Waals surface area contributed by atoms with Gasteiger partial charge in [0.05, 0.1) is 5.52 Å². The zero-order valence-corrected chi connectivity index (χ0v) is 13.3. The number of carbonyl (C=O) groups is 1. The van der Waals surface area contributed by atoms with E-state index in [1.807, 2.05) is 23.2 Å². The van der Waals surface area contributed by atoms with E-state index >= 15 is 0 Å². The molecular weight excluding hydrogens is 300 g/mol. The first-order valence-corrected chi connectivity index (χ1v) is 8.21. The summed E-state index contributed by atoms with van der Waals surface area (Å²) >= 11 is 0. The molecule has 1 saturated heterocycles. The van der Waals surface area contributed by atoms with E-state index < -0.39 is 0 Å². The van der Waals surface area contributed by atoms with Crippen LogP contribution < -0.4 is 0 Å². The highest BCUT2D eigenvalue weighted by Gasteiger charge is 2.26. The first-order valence-electron chi connectivity index (χ1n) is 8.21. The van der Waals surface area contributed by atoms with E-state index in [1.165, 1.54) is 0 Å². The van der Waals surface area contributed by atoms with Gasteiger partial charge in [0.15, 0.2) is 0 Å². The van der Waals surface area contributed by atoms with Gasteiger partial charge >= 0.3 is 0 Å². The zero-order valence-electron chi connectivity index (χ0n) is 13.3. The van der Waals surface area contributed by atoms with Crippen LogP contribution in [0.15, 0.2) is 55.1 Å². The number of nitrogens with zero attached hydrogens (tertiary/aromatic N) is 4. The van der Waals surface area contributed by atoms with Crippen molar-refractivity contribution in [3.05, 3.63) is 66.4 Å². The number of pyridine rings is 3. The highest BCUT2D eigenvalue weighted by Crippen LogP contribution is 2.27. The Balaban J connectivity index is 1.56. The number of carbonyl (C=O) groups excluding carboxylic acids is 1. The van der Waals surface area contributed by atoms with Crippen molar-refractivity contribution in [3.8, 4) is 0 Å². The molecule has 1 aliphatic heterocycles. The first-order chi connectivity index (χ1) is 11.8. The van der Waals surface area contributed by atoms with Crippen molar-refractivity contribution in [1.29, 1.82) is 0 Å². The summed E-state index contributed by atoms with van der Waals surface area (Å²) in [4.78, 5) is 27.6. The lowest BCUT2D eigenvalue weighted by molar-refractivity contribution is 0.0706. The second-order valence-electron chi connectivity index (χ2n) is 6.13. The van der Waals surface area contributed by atoms with Crippen molar-refractivity contribution < 1.29 is 4.79 Å². The molecule has 5 heteroatoms. The monoisotopic (exact) mass is 318 g/mol. The summed E-state index contributed by atoms with van der Waals surface area (Å²) in [7, 11) is 0. The number of aromatic nitrogens is 3. The van der Waals surface area contributed by atoms with Gasteiger partial charge in [-0.1, -0.05) is 0 Å². The van der Waals surface area contributed by atoms with Crippen molar-refractivity contribution in [3.63, 3.8) is 0 Å². The van der Waals surface area contributed by atoms with E-state index in [4.69, 9.17) is 0 Å². The molecule has 1 atom stereocenters. The third kappa shape index (κ3) is 2.85. The fraction of sp³-hybridized carbons (Fsp3) is 0.263. The average molecular weight is 318 g/mol. The van der Waals surface area contributed by atoms with Gasteiger partial charge in [-0.2, -0.15) is 0 Å². The van der Waals surface area contributed by atoms with E-state index in [-0.39, 0.29) is 11.8 Å². The van der Waals surface area contributed by atoms with Crippen LogP contribution in [0.4, 0.5) is 0 Å². The molecule has 0 spiro atoms. The van der Waals surface area contributed by atoms with Crippen LogP contribution in [0.2, 0.25) is 0 Å². The molecule has 0 radical (unpaired) electrons. The van der Waals surface area contributed by atoms with E-state index in [1.54, 1.807) is 30.7 Å². The molecule has 120 valence electrons. The summed E-state index contributed by atoms with van der Waals surface area (Å²) in [5.41, 5.74) is 2.67. The summed E-state index contributed by atoms with van der Waals surface area (Å²) in [5.74, 6) is 0.331. The van der Waals surface area contributed by atoms with Gasteiger partial charge in [0.25, 0.3) is 5.91 Å². The van der Waals surface area contributed by atoms with E-state index in [0.717, 1.165) is 36.0 Å². The molecule has 0 N–H and O–H groups in total. The van der Waals surface area contributed by atoms with Gasteiger partial charge in [-0.15, -0.1) is 0 Å². The summed E-state index contributed by atoms with van der Waals surface area (Å²) in [6.07, 6.45) is 9.03. The second-order valence-corrected chi connectivity index (χ2v) is 6.13. The Morgan fingerprint density at radius 3 is 2.88 bits per heavy atom. The SMILES string of the molecule is O=C(c1ccncc1)N1CCCC(c2cc3ncccc3cn2)C1. The standard InChI is InChI=1S/C19H18N4O/c24-19(14-5-8-20-9-6-14)23-10-2-4-16(13-23)18-11-17-15(12-22-18)3-1-7-21-17/h1,3,5-9,11-12,16H,2,4,10,13H2. The van der Waals surface area contributed by atoms with Crippen LogP contribution in [0.25, 0.3) is 10.9 Å². The van der Waals surface area contributed by atoms with Gasteiger partial charge < -0.3 is 4.90 Å². The maximum absolute atomic E-state index is 12.7. The van der Waals surface area contributed by atoms with Gasteiger partial charge in [0.2, 0.25) is 0 Å². The molecule has 5 nitrogen and oxygen atoms in total. The lowest BCUT2D eigenvalue weighted by atomic mass is 9.93. The lowest BCUT2D eigenvalue weighted by Crippen LogP contribution is -2.39. The Morgan fingerprint density at radius 1 is 1.12 bits per heavy atom. The van der Waals surface area contributed by atoms with Gasteiger partial charge in [0.1, 0.15) is 0 Å². The zero-order chi connectivity index (χ0) is 16.4. The lowest BCUT2D eigenvalue weighted by Gasteiger charge is -2.32. The van der Waals surface area contributed by atoms with Crippen LogP contribution in [0, 0.1) is 0 Å². The number of rotatable bonds is 2. The van der Waals surface area contributed by atoms with Crippen LogP contribution in [-0.2, 0) is 0 Å². The average Bonchev–Trinajstić information content (AvgIpc) is 2.68. The predicted molar refractivity (Wildman–Crippen MR) is 91.7 cm³/mol. The second kappa shape index (κ2) is 6.35. The van der Waals surface area contributed by atoms with Gasteiger partial charge in [-0.05, 0) is 43.2 Å². The Bertz CT molecular complexity index is 865. The number of piperidine rings is 1. The van der Waals surface area contributed by atoms with E-state index in [9.17, 15) is 4.79 Å². The minimum atomic E-state index is 0.0704. The number of hydrogen-bond acceptors (Lipinski definition) is 4. The van der Waals surface area contributed by atoms with Crippen molar-refractivity contribution in [2.45, 2.75) is 18.8 Å². The molecule has 4 rings (SSSR count). The van der Waals surface area contributed by atoms with Gasteiger partial charge in [0, 0.05) is 60.4 Å². The summed E-state index contributed by atoms with van der Waals surface area (Å²) in [6.45, 7) is 1.50.